The van der Waals surface area contributed by atoms with E-state index in [1.165, 1.54) is 6.08 Å². The Morgan fingerprint density at radius 1 is 0.567 bits per heavy atom. The average molecular weight is 1530 g/mol. The number of benzene rings is 5. The number of ether oxygens (including phenoxy) is 7. The van der Waals surface area contributed by atoms with E-state index >= 15 is 0 Å². The molecule has 2 aliphatic rings. The fourth-order valence-corrected chi connectivity index (χ4v) is 11.7. The van der Waals surface area contributed by atoms with Crippen LogP contribution in [0.2, 0.25) is 0 Å². The summed E-state index contributed by atoms with van der Waals surface area (Å²) in [5, 5.41) is 6.02. The molecule has 2 heterocycles. The molecule has 0 bridgehead atoms. The van der Waals surface area contributed by atoms with Crippen molar-refractivity contribution in [1.29, 1.82) is 0 Å². The van der Waals surface area contributed by atoms with Crippen molar-refractivity contribution < 1.29 is 140 Å². The highest BCUT2D eigenvalue weighted by Gasteiger charge is 2.96. The molecule has 5 aromatic rings. The molecule has 2 saturated heterocycles. The third kappa shape index (κ3) is 20.9. The summed E-state index contributed by atoms with van der Waals surface area (Å²) in [5.41, 5.74) is 9.86. The molecule has 19 nitrogen and oxygen atoms in total. The Hall–Kier alpha value is -8.00. The van der Waals surface area contributed by atoms with Gasteiger partial charge in [-0.05, 0) is 72.4 Å². The highest BCUT2D eigenvalue weighted by molar-refractivity contribution is 7.90. The van der Waals surface area contributed by atoms with Gasteiger partial charge in [0.1, 0.15) is 43.0 Å². The lowest BCUT2D eigenvalue weighted by Crippen LogP contribution is -2.75. The molecule has 0 saturated carbocycles. The minimum Gasteiger partial charge on any atom is -0.480 e. The first kappa shape index (κ1) is 84.9. The van der Waals surface area contributed by atoms with Gasteiger partial charge in [-0.1, -0.05) is 152 Å². The first-order chi connectivity index (χ1) is 48.9. The van der Waals surface area contributed by atoms with E-state index in [4.69, 9.17) is 38.9 Å². The van der Waals surface area contributed by atoms with Crippen LogP contribution in [0.3, 0.4) is 0 Å². The normalized spacial score (nSPS) is 19.2. The van der Waals surface area contributed by atoms with Crippen molar-refractivity contribution >= 4 is 34.1 Å². The highest BCUT2D eigenvalue weighted by atomic mass is 32.2. The topological polar surface area (TPSA) is 244 Å². The summed E-state index contributed by atoms with van der Waals surface area (Å²) in [4.78, 5) is 46.5. The SMILES string of the molecule is NC(=O)N1CCN(S(=O)(=O)C(F)(F)C(F)(F)C(F)(F)C(F)(F)C(F)(F)C(F)(F)C(F)(F)C(F)(F)F)CC1N[C@@H](CCCCNC(=O)OCc1ccccc1)C(=O)O.O=C=CCCCCOC1O[C@H](COCc2ccccc2)[C@@H](OCc2ccccc2)[C@H](OCc2ccccc2)[C@@H]1OCc1ccccc1. The van der Waals surface area contributed by atoms with Crippen molar-refractivity contribution in [3.63, 3.8) is 0 Å². The smallest absolute Gasteiger partial charge is 0.460 e. The van der Waals surface area contributed by atoms with Crippen LogP contribution in [-0.4, -0.2) is 176 Å². The molecule has 0 spiro atoms. The number of sulfonamides is 1. The van der Waals surface area contributed by atoms with Crippen molar-refractivity contribution in [2.24, 2.45) is 5.73 Å². The van der Waals surface area contributed by atoms with E-state index in [9.17, 15) is 107 Å². The average Bonchev–Trinajstić information content (AvgIpc) is 0.689. The van der Waals surface area contributed by atoms with E-state index < -0.39 is 148 Å². The zero-order valence-electron chi connectivity index (χ0n) is 54.6. The summed E-state index contributed by atoms with van der Waals surface area (Å²) < 4.78 is 302. The van der Waals surface area contributed by atoms with Gasteiger partial charge in [-0.15, -0.1) is 0 Å². The van der Waals surface area contributed by atoms with Crippen LogP contribution >= 0.6 is 0 Å². The number of alkyl carbamates (subject to hydrolysis) is 1. The van der Waals surface area contributed by atoms with Gasteiger partial charge in [0.2, 0.25) is 0 Å². The maximum atomic E-state index is 14.9. The predicted molar refractivity (Wildman–Crippen MR) is 334 cm³/mol. The number of aliphatic carboxylic acids is 1. The molecule has 7 rings (SSSR count). The number of allylic oxidation sites excluding steroid dienone is 1. The molecule has 2 unspecified atom stereocenters. The van der Waals surface area contributed by atoms with Crippen molar-refractivity contribution in [2.75, 3.05) is 39.4 Å². The number of amides is 3. The molecule has 5 aromatic carbocycles. The lowest BCUT2D eigenvalue weighted by atomic mass is 9.91. The van der Waals surface area contributed by atoms with Gasteiger partial charge in [0, 0.05) is 32.8 Å². The summed E-state index contributed by atoms with van der Waals surface area (Å²) in [5.74, 6) is -52.7. The zero-order chi connectivity index (χ0) is 76.8. The lowest BCUT2D eigenvalue weighted by Gasteiger charge is -2.46. The van der Waals surface area contributed by atoms with Crippen LogP contribution in [0.4, 0.5) is 84.2 Å². The third-order valence-electron chi connectivity index (χ3n) is 16.0. The number of halogens is 17. The molecule has 104 heavy (non-hydrogen) atoms. The number of rotatable bonds is 37. The van der Waals surface area contributed by atoms with Crippen LogP contribution in [0.5, 0.6) is 0 Å². The van der Waals surface area contributed by atoms with E-state index in [-0.39, 0.29) is 37.5 Å². The Balaban J connectivity index is 0.000000331. The molecular formula is C67H72F17N5O14S. The summed E-state index contributed by atoms with van der Waals surface area (Å²) in [6.45, 7) is -3.01. The Morgan fingerprint density at radius 2 is 1.01 bits per heavy atom. The summed E-state index contributed by atoms with van der Waals surface area (Å²) in [6.07, 6.45) is -11.1. The number of carboxylic acid groups (broad SMARTS) is 1. The number of primary amides is 1. The molecule has 3 amide bonds. The number of nitrogens with two attached hydrogens (primary N) is 1. The second kappa shape index (κ2) is 37.3. The lowest BCUT2D eigenvalue weighted by molar-refractivity contribution is -0.458. The van der Waals surface area contributed by atoms with Gasteiger partial charge in [-0.3, -0.25) is 10.1 Å². The number of carbonyl (C=O) groups excluding carboxylic acids is 3. The first-order valence-corrected chi connectivity index (χ1v) is 33.1. The number of carboxylic acids is 1. The van der Waals surface area contributed by atoms with Gasteiger partial charge < -0.3 is 54.2 Å². The molecule has 0 radical (unpaired) electrons. The minimum atomic E-state index is -9.03. The van der Waals surface area contributed by atoms with Gasteiger partial charge in [0.25, 0.3) is 10.0 Å². The fraction of sp³-hybridized carbons (Fsp3) is 0.478. The maximum Gasteiger partial charge on any atom is 0.460 e. The quantitative estimate of drug-likeness (QED) is 0.0164. The molecule has 0 aliphatic carbocycles. The van der Waals surface area contributed by atoms with Crippen molar-refractivity contribution in [3.05, 3.63) is 186 Å². The molecule has 574 valence electrons. The molecular weight excluding hydrogens is 1450 g/mol. The van der Waals surface area contributed by atoms with Crippen LogP contribution in [0, 0.1) is 0 Å². The summed E-state index contributed by atoms with van der Waals surface area (Å²) >= 11 is 0. The number of hydrogen-bond donors (Lipinski definition) is 4. The summed E-state index contributed by atoms with van der Waals surface area (Å²) in [7, 11) is -7.73. The van der Waals surface area contributed by atoms with Crippen molar-refractivity contribution in [1.82, 2.24) is 19.8 Å². The molecule has 7 atom stereocenters. The van der Waals surface area contributed by atoms with Crippen LogP contribution in [0.25, 0.3) is 0 Å². The molecule has 2 fully saturated rings. The molecule has 0 aromatic heterocycles. The van der Waals surface area contributed by atoms with E-state index in [2.05, 4.69) is 5.32 Å². The van der Waals surface area contributed by atoms with Crippen LogP contribution in [0.1, 0.15) is 66.3 Å². The number of piperazine rings is 1. The highest BCUT2D eigenvalue weighted by Crippen LogP contribution is 2.64. The van der Waals surface area contributed by atoms with Crippen LogP contribution in [-0.2, 0) is 85.8 Å². The number of alkyl halides is 17. The van der Waals surface area contributed by atoms with Gasteiger partial charge >= 0.3 is 65.1 Å². The van der Waals surface area contributed by atoms with E-state index in [0.29, 0.717) is 45.0 Å². The number of nitrogens with zero attached hydrogens (tertiary/aromatic N) is 2. The van der Waals surface area contributed by atoms with Crippen LogP contribution < -0.4 is 16.4 Å². The van der Waals surface area contributed by atoms with Gasteiger partial charge in [-0.2, -0.15) is 78.9 Å². The van der Waals surface area contributed by atoms with Gasteiger partial charge in [0.15, 0.2) is 6.29 Å². The van der Waals surface area contributed by atoms with Gasteiger partial charge in [0.05, 0.1) is 39.2 Å². The number of unbranched alkanes of at least 4 members (excludes halogenated alkanes) is 3. The Morgan fingerprint density at radius 3 is 1.47 bits per heavy atom. The predicted octanol–water partition coefficient (Wildman–Crippen LogP) is 12.7. The Labute approximate surface area is 584 Å². The molecule has 37 heteroatoms. The monoisotopic (exact) mass is 1530 g/mol. The third-order valence-corrected chi connectivity index (χ3v) is 17.9. The maximum absolute atomic E-state index is 14.9. The molecule has 5 N–H and O–H groups in total. The van der Waals surface area contributed by atoms with E-state index in [1.54, 1.807) is 30.3 Å². The Kier molecular flexibility index (Phi) is 30.5. The van der Waals surface area contributed by atoms with Crippen molar-refractivity contribution in [3.8, 4) is 0 Å². The molecule has 2 aliphatic heterocycles. The number of urea groups is 1. The minimum absolute atomic E-state index is 0.0322. The fourth-order valence-electron chi connectivity index (χ4n) is 10.3. The number of hydrogen-bond acceptors (Lipinski definition) is 14. The van der Waals surface area contributed by atoms with E-state index in [1.807, 2.05) is 133 Å². The van der Waals surface area contributed by atoms with Crippen molar-refractivity contribution in [2.45, 2.75) is 161 Å². The number of carbonyl (C=O) groups is 3. The number of nitrogens with one attached hydrogen (secondary N) is 2. The standard InChI is InChI=1S/C40H44O7.C27H28F17N5O7S/c41-25-15-1-2-16-26-43-40-39(46-30-35-23-13-6-14-24-35)38(45-29-34-21-11-5-12-22-34)37(44-28-33-19-9-4-10-20-33)36(47-40)31-42-27-32-17-7-3-8-18-32;28-20(29,22(32,33)24(36,37)26(40,41)42)21(30,31)23(34,35)25(38,39)27(43,44)57(54,55)48-10-11-49(18(45)52)16(12-48)47-15(17(50)51)8-4-5-9-46-19(53)56-13-14-6-2-1-3-7-14/h3-15,17-24,36-40H,1-2,16,26-31H2;1-3,6-7,15-16,47H,4-5,8-13H2,(H2,45,52)(H,46,53)(H,50,51)/t36-,37-,38+,39+,40?;15-,16?/m10/s1. The Bertz CT molecular complexity index is 3640. The zero-order valence-corrected chi connectivity index (χ0v) is 55.4. The second-order valence-corrected chi connectivity index (χ2v) is 25.4. The summed E-state index contributed by atoms with van der Waals surface area (Å²) in [6, 6.07) is 44.9. The van der Waals surface area contributed by atoms with Gasteiger partial charge in [-0.25, -0.2) is 22.8 Å². The van der Waals surface area contributed by atoms with Crippen LogP contribution in [0.15, 0.2) is 158 Å². The first-order valence-electron chi connectivity index (χ1n) is 31.6. The van der Waals surface area contributed by atoms with E-state index in [0.717, 1.165) is 35.1 Å². The second-order valence-electron chi connectivity index (χ2n) is 23.4. The largest absolute Gasteiger partial charge is 0.480 e.